The molecule has 1 amide bonds. The van der Waals surface area contributed by atoms with Crippen LogP contribution in [-0.2, 0) is 17.9 Å². The Morgan fingerprint density at radius 1 is 1.30 bits per heavy atom. The maximum absolute atomic E-state index is 12.9. The largest absolute Gasteiger partial charge is 0.469 e. The van der Waals surface area contributed by atoms with Gasteiger partial charge in [-0.2, -0.15) is 5.10 Å². The molecule has 0 aliphatic carbocycles. The minimum Gasteiger partial charge on any atom is -0.469 e. The fourth-order valence-corrected chi connectivity index (χ4v) is 3.41. The quantitative estimate of drug-likeness (QED) is 0.627. The van der Waals surface area contributed by atoms with E-state index >= 15 is 0 Å². The summed E-state index contributed by atoms with van der Waals surface area (Å²) in [4.78, 5) is 19.0. The van der Waals surface area contributed by atoms with Crippen LogP contribution in [0.2, 0.25) is 0 Å². The first-order valence-electron chi connectivity index (χ1n) is 9.06. The summed E-state index contributed by atoms with van der Waals surface area (Å²) < 4.78 is 13.1. The van der Waals surface area contributed by atoms with Crippen LogP contribution < -0.4 is 0 Å². The van der Waals surface area contributed by atoms with Gasteiger partial charge in [0.25, 0.3) is 5.91 Å². The highest BCUT2D eigenvalue weighted by Crippen LogP contribution is 2.25. The van der Waals surface area contributed by atoms with E-state index in [0.29, 0.717) is 37.6 Å². The van der Waals surface area contributed by atoms with E-state index in [2.05, 4.69) is 10.1 Å². The van der Waals surface area contributed by atoms with E-state index in [-0.39, 0.29) is 11.9 Å². The Hall–Kier alpha value is -2.93. The van der Waals surface area contributed by atoms with Crippen molar-refractivity contribution in [2.24, 2.45) is 0 Å². The Morgan fingerprint density at radius 3 is 3.00 bits per heavy atom. The molecule has 0 aromatic carbocycles. The number of aromatic nitrogens is 3. The molecule has 7 heteroatoms. The summed E-state index contributed by atoms with van der Waals surface area (Å²) in [5, 5.41) is 4.44. The summed E-state index contributed by atoms with van der Waals surface area (Å²) >= 11 is 0. The predicted octanol–water partition coefficient (Wildman–Crippen LogP) is 2.98. The second-order valence-electron chi connectivity index (χ2n) is 6.66. The van der Waals surface area contributed by atoms with Crippen molar-refractivity contribution >= 4 is 5.91 Å². The zero-order chi connectivity index (χ0) is 18.6. The number of nitrogens with zero attached hydrogens (tertiary/aromatic N) is 4. The maximum Gasteiger partial charge on any atom is 0.257 e. The van der Waals surface area contributed by atoms with Gasteiger partial charge in [-0.3, -0.25) is 14.5 Å². The van der Waals surface area contributed by atoms with Crippen LogP contribution in [0, 0.1) is 6.92 Å². The Morgan fingerprint density at radius 2 is 2.22 bits per heavy atom. The first-order valence-corrected chi connectivity index (χ1v) is 9.06. The van der Waals surface area contributed by atoms with Crippen molar-refractivity contribution in [2.45, 2.75) is 32.5 Å². The number of carbonyl (C=O) groups is 1. The summed E-state index contributed by atoms with van der Waals surface area (Å²) in [6.07, 6.45) is 5.88. The van der Waals surface area contributed by atoms with Crippen molar-refractivity contribution in [2.75, 3.05) is 13.2 Å². The molecular formula is C20H22N4O3. The molecule has 0 unspecified atom stereocenters. The van der Waals surface area contributed by atoms with Gasteiger partial charge in [0.2, 0.25) is 0 Å². The lowest BCUT2D eigenvalue weighted by atomic mass is 10.1. The molecule has 4 heterocycles. The second-order valence-corrected chi connectivity index (χ2v) is 6.66. The zero-order valence-electron chi connectivity index (χ0n) is 15.2. The molecule has 3 aromatic rings. The summed E-state index contributed by atoms with van der Waals surface area (Å²) in [6, 6.07) is 9.56. The predicted molar refractivity (Wildman–Crippen MR) is 98.0 cm³/mol. The van der Waals surface area contributed by atoms with Crippen molar-refractivity contribution in [1.82, 2.24) is 19.7 Å². The van der Waals surface area contributed by atoms with Gasteiger partial charge >= 0.3 is 0 Å². The Kier molecular flexibility index (Phi) is 5.02. The third-order valence-corrected chi connectivity index (χ3v) is 4.83. The monoisotopic (exact) mass is 366 g/mol. The molecule has 0 saturated heterocycles. The number of carbonyl (C=O) groups excluding carboxylic acids is 1. The number of hydrogen-bond acceptors (Lipinski definition) is 5. The van der Waals surface area contributed by atoms with Crippen molar-refractivity contribution in [3.8, 4) is 0 Å². The van der Waals surface area contributed by atoms with Gasteiger partial charge in [-0.15, -0.1) is 0 Å². The average molecular weight is 366 g/mol. The number of ether oxygens (including phenoxy) is 1. The molecule has 0 radical (unpaired) electrons. The van der Waals surface area contributed by atoms with Crippen LogP contribution in [-0.4, -0.2) is 38.7 Å². The number of fused-ring (bicyclic) bond motifs is 1. The van der Waals surface area contributed by atoms with E-state index in [1.165, 1.54) is 0 Å². The van der Waals surface area contributed by atoms with Gasteiger partial charge in [0.05, 0.1) is 42.4 Å². The molecule has 0 N–H and O–H groups in total. The van der Waals surface area contributed by atoms with Crippen LogP contribution in [0.15, 0.2) is 53.4 Å². The van der Waals surface area contributed by atoms with E-state index < -0.39 is 0 Å². The van der Waals surface area contributed by atoms with E-state index in [1.807, 2.05) is 40.8 Å². The highest BCUT2D eigenvalue weighted by atomic mass is 16.5. The number of aryl methyl sites for hydroxylation is 1. The third-order valence-electron chi connectivity index (χ3n) is 4.83. The molecule has 1 aliphatic rings. The number of pyridine rings is 1. The molecule has 27 heavy (non-hydrogen) atoms. The van der Waals surface area contributed by atoms with E-state index in [1.54, 1.807) is 24.7 Å². The molecule has 4 rings (SSSR count). The molecule has 0 bridgehead atoms. The lowest BCUT2D eigenvalue weighted by Gasteiger charge is -2.34. The van der Waals surface area contributed by atoms with Gasteiger partial charge in [0.15, 0.2) is 0 Å². The molecule has 1 aliphatic heterocycles. The number of amides is 1. The van der Waals surface area contributed by atoms with Crippen molar-refractivity contribution < 1.29 is 13.9 Å². The lowest BCUT2D eigenvalue weighted by molar-refractivity contribution is 0.0601. The minimum atomic E-state index is -0.00639. The first kappa shape index (κ1) is 17.5. The molecule has 0 spiro atoms. The maximum atomic E-state index is 12.9. The van der Waals surface area contributed by atoms with E-state index in [0.717, 1.165) is 17.8 Å². The fraction of sp³-hybridized carbons (Fsp3) is 0.350. The summed E-state index contributed by atoms with van der Waals surface area (Å²) in [5.41, 5.74) is 2.56. The Labute approximate surface area is 157 Å². The topological polar surface area (TPSA) is 73.4 Å². The lowest BCUT2D eigenvalue weighted by Crippen LogP contribution is -2.41. The Balaban J connectivity index is 1.40. The highest BCUT2D eigenvalue weighted by Gasteiger charge is 2.30. The smallest absolute Gasteiger partial charge is 0.257 e. The number of furan rings is 1. The normalized spacial score (nSPS) is 16.3. The van der Waals surface area contributed by atoms with Crippen molar-refractivity contribution in [1.29, 1.82) is 0 Å². The van der Waals surface area contributed by atoms with Crippen LogP contribution >= 0.6 is 0 Å². The average Bonchev–Trinajstić information content (AvgIpc) is 3.34. The number of rotatable bonds is 6. The second kappa shape index (κ2) is 7.75. The van der Waals surface area contributed by atoms with Crippen LogP contribution in [0.25, 0.3) is 0 Å². The highest BCUT2D eigenvalue weighted by molar-refractivity contribution is 5.95. The minimum absolute atomic E-state index is 0.00639. The van der Waals surface area contributed by atoms with E-state index in [9.17, 15) is 4.79 Å². The van der Waals surface area contributed by atoms with Crippen LogP contribution in [0.5, 0.6) is 0 Å². The van der Waals surface area contributed by atoms with Crippen molar-refractivity contribution in [3.05, 3.63) is 71.7 Å². The summed E-state index contributed by atoms with van der Waals surface area (Å²) in [6.45, 7) is 4.02. The Bertz CT molecular complexity index is 903. The third kappa shape index (κ3) is 3.78. The zero-order valence-corrected chi connectivity index (χ0v) is 15.2. The van der Waals surface area contributed by atoms with Gasteiger partial charge in [0, 0.05) is 25.5 Å². The van der Waals surface area contributed by atoms with E-state index in [4.69, 9.17) is 9.15 Å². The molecule has 0 saturated carbocycles. The molecule has 0 fully saturated rings. The summed E-state index contributed by atoms with van der Waals surface area (Å²) in [7, 11) is 0. The van der Waals surface area contributed by atoms with Crippen LogP contribution in [0.3, 0.4) is 0 Å². The first-order chi connectivity index (χ1) is 13.2. The standard InChI is InChI=1S/C20H22N4O3/c1-15-19(7-11-27-15)20(25)23-12-17-5-9-22-24(17)18(13-23)6-10-26-14-16-4-2-3-8-21-16/h2-5,7-9,11,18H,6,10,12-14H2,1H3/t18-/m0/s1. The molecule has 140 valence electrons. The van der Waals surface area contributed by atoms with Gasteiger partial charge < -0.3 is 14.1 Å². The molecular weight excluding hydrogens is 344 g/mol. The number of hydrogen-bond donors (Lipinski definition) is 0. The van der Waals surface area contributed by atoms with Gasteiger partial charge in [0.1, 0.15) is 5.76 Å². The SMILES string of the molecule is Cc1occc1C(=O)N1Cc2ccnn2[C@@H](CCOCc2ccccn2)C1. The van der Waals surface area contributed by atoms with Crippen LogP contribution in [0.4, 0.5) is 0 Å². The van der Waals surface area contributed by atoms with Gasteiger partial charge in [-0.1, -0.05) is 6.07 Å². The van der Waals surface area contributed by atoms with Crippen LogP contribution in [0.1, 0.15) is 40.0 Å². The fourth-order valence-electron chi connectivity index (χ4n) is 3.41. The summed E-state index contributed by atoms with van der Waals surface area (Å²) in [5.74, 6) is 0.641. The molecule has 1 atom stereocenters. The molecule has 7 nitrogen and oxygen atoms in total. The van der Waals surface area contributed by atoms with Crippen molar-refractivity contribution in [3.63, 3.8) is 0 Å². The van der Waals surface area contributed by atoms with Gasteiger partial charge in [-0.25, -0.2) is 0 Å². The van der Waals surface area contributed by atoms with Gasteiger partial charge in [-0.05, 0) is 37.6 Å². The molecule has 3 aromatic heterocycles.